The molecule has 0 atom stereocenters. The minimum Gasteiger partial charge on any atom is -0.504 e. The summed E-state index contributed by atoms with van der Waals surface area (Å²) >= 11 is 3.56. The predicted molar refractivity (Wildman–Crippen MR) is 126 cm³/mol. The number of hydrogen-bond acceptors (Lipinski definition) is 9. The Morgan fingerprint density at radius 2 is 2.00 bits per heavy atom. The lowest BCUT2D eigenvalue weighted by Crippen LogP contribution is -2.24. The van der Waals surface area contributed by atoms with Crippen molar-refractivity contribution >= 4 is 41.5 Å². The minimum absolute atomic E-state index is 0.00462. The molecule has 1 aliphatic heterocycles. The quantitative estimate of drug-likeness (QED) is 0.181. The third kappa shape index (κ3) is 7.82. The summed E-state index contributed by atoms with van der Waals surface area (Å²) < 4.78 is 16.3. The van der Waals surface area contributed by atoms with Crippen LogP contribution in [0.4, 0.5) is 0 Å². The molecule has 172 valence electrons. The molecule has 1 aromatic rings. The first kappa shape index (κ1) is 25.6. The van der Waals surface area contributed by atoms with Gasteiger partial charge in [-0.3, -0.25) is 4.79 Å². The molecule has 1 amide bonds. The Hall–Kier alpha value is -2.61. The third-order valence-electron chi connectivity index (χ3n) is 4.20. The molecule has 0 saturated carbocycles. The largest absolute Gasteiger partial charge is 0.504 e. The van der Waals surface area contributed by atoms with Crippen LogP contribution in [0.1, 0.15) is 22.8 Å². The van der Waals surface area contributed by atoms with Gasteiger partial charge in [0.1, 0.15) is 18.2 Å². The summed E-state index contributed by atoms with van der Waals surface area (Å²) in [6.07, 6.45) is 1.32. The topological polar surface area (TPSA) is 132 Å². The number of benzene rings is 1. The van der Waals surface area contributed by atoms with Crippen molar-refractivity contribution in [1.29, 1.82) is 5.26 Å². The highest BCUT2D eigenvalue weighted by molar-refractivity contribution is 8.01. The Kier molecular flexibility index (Phi) is 10.5. The summed E-state index contributed by atoms with van der Waals surface area (Å²) in [5.41, 5.74) is 6.40. The van der Waals surface area contributed by atoms with E-state index in [1.807, 2.05) is 0 Å². The second-order valence-electron chi connectivity index (χ2n) is 6.79. The molecule has 1 heterocycles. The smallest absolute Gasteiger partial charge is 0.348 e. The van der Waals surface area contributed by atoms with Crippen molar-refractivity contribution in [2.45, 2.75) is 13.0 Å². The number of primary amides is 1. The summed E-state index contributed by atoms with van der Waals surface area (Å²) in [7, 11) is 0. The van der Waals surface area contributed by atoms with Crippen LogP contribution in [-0.2, 0) is 14.3 Å². The predicted octanol–water partition coefficient (Wildman–Crippen LogP) is 2.76. The Labute approximate surface area is 195 Å². The third-order valence-corrected chi connectivity index (χ3v) is 6.64. The number of nitriles is 1. The maximum absolute atomic E-state index is 11.9. The molecule has 1 aliphatic rings. The van der Waals surface area contributed by atoms with Crippen LogP contribution in [0.25, 0.3) is 6.08 Å². The Morgan fingerprint density at radius 1 is 1.31 bits per heavy atom. The molecule has 0 radical (unpaired) electrons. The highest BCUT2D eigenvalue weighted by Crippen LogP contribution is 2.32. The standard InChI is InChI=1S/C22H26N2O6S2/c1-3-28-22(27)16(9-23)6-15-7-18(21(24)26)20(25)19(8-15)30-5-4-29-17-12-31-10-14(2)11-32-13-17/h6-8,17,25H,2-5,10-13H2,1H3,(H2,24,26)/b16-6-. The molecule has 0 bridgehead atoms. The fourth-order valence-electron chi connectivity index (χ4n) is 2.74. The fraction of sp³-hybridized carbons (Fsp3) is 0.409. The zero-order valence-corrected chi connectivity index (χ0v) is 19.4. The zero-order valence-electron chi connectivity index (χ0n) is 17.8. The Morgan fingerprint density at radius 3 is 2.59 bits per heavy atom. The molecule has 0 unspecified atom stereocenters. The number of carbonyl (C=O) groups excluding carboxylic acids is 2. The number of hydrogen-bond donors (Lipinski definition) is 2. The van der Waals surface area contributed by atoms with E-state index >= 15 is 0 Å². The van der Waals surface area contributed by atoms with Gasteiger partial charge in [0.25, 0.3) is 5.91 Å². The minimum atomic E-state index is -0.876. The van der Waals surface area contributed by atoms with Gasteiger partial charge in [-0.05, 0) is 30.7 Å². The van der Waals surface area contributed by atoms with Crippen molar-refractivity contribution in [1.82, 2.24) is 0 Å². The van der Waals surface area contributed by atoms with Crippen LogP contribution in [-0.4, -0.2) is 65.9 Å². The van der Waals surface area contributed by atoms with Gasteiger partial charge in [-0.2, -0.15) is 28.8 Å². The first-order valence-electron chi connectivity index (χ1n) is 9.88. The average Bonchev–Trinajstić information content (AvgIpc) is 2.74. The van der Waals surface area contributed by atoms with Gasteiger partial charge in [-0.1, -0.05) is 12.2 Å². The van der Waals surface area contributed by atoms with E-state index in [2.05, 4.69) is 6.58 Å². The highest BCUT2D eigenvalue weighted by atomic mass is 32.2. The number of nitrogens with two attached hydrogens (primary N) is 1. The van der Waals surface area contributed by atoms with Crippen molar-refractivity contribution in [3.8, 4) is 17.6 Å². The lowest BCUT2D eigenvalue weighted by molar-refractivity contribution is -0.137. The van der Waals surface area contributed by atoms with E-state index in [4.69, 9.17) is 19.9 Å². The number of thioether (sulfide) groups is 2. The van der Waals surface area contributed by atoms with Crippen LogP contribution in [0.15, 0.2) is 29.9 Å². The molecule has 1 saturated heterocycles. The van der Waals surface area contributed by atoms with E-state index in [-0.39, 0.29) is 48.4 Å². The molecule has 10 heteroatoms. The SMILES string of the molecule is C=C1CSCC(OCCOc2cc(/C=C(/C#N)C(=O)OCC)cc(C(N)=O)c2O)CSC1. The first-order valence-corrected chi connectivity index (χ1v) is 12.2. The monoisotopic (exact) mass is 478 g/mol. The molecular weight excluding hydrogens is 452 g/mol. The molecule has 8 nitrogen and oxygen atoms in total. The fourth-order valence-corrected chi connectivity index (χ4v) is 4.99. The first-order chi connectivity index (χ1) is 15.3. The van der Waals surface area contributed by atoms with E-state index in [9.17, 15) is 20.0 Å². The number of carbonyl (C=O) groups is 2. The van der Waals surface area contributed by atoms with Crippen molar-refractivity contribution in [2.24, 2.45) is 5.73 Å². The summed E-state index contributed by atoms with van der Waals surface area (Å²) in [5, 5.41) is 19.6. The summed E-state index contributed by atoms with van der Waals surface area (Å²) in [6.45, 7) is 6.16. The molecule has 2 rings (SSSR count). The summed E-state index contributed by atoms with van der Waals surface area (Å²) in [4.78, 5) is 23.6. The van der Waals surface area contributed by atoms with Crippen LogP contribution in [0, 0.1) is 11.3 Å². The molecule has 0 aliphatic carbocycles. The molecule has 32 heavy (non-hydrogen) atoms. The number of aromatic hydroxyl groups is 1. The van der Waals surface area contributed by atoms with Crippen LogP contribution >= 0.6 is 23.5 Å². The number of esters is 1. The van der Waals surface area contributed by atoms with E-state index in [0.717, 1.165) is 23.0 Å². The molecule has 0 aromatic heterocycles. The van der Waals surface area contributed by atoms with Crippen molar-refractivity contribution in [2.75, 3.05) is 42.8 Å². The van der Waals surface area contributed by atoms with Gasteiger partial charge in [0, 0.05) is 23.0 Å². The zero-order chi connectivity index (χ0) is 23.5. The van der Waals surface area contributed by atoms with E-state index in [0.29, 0.717) is 0 Å². The maximum Gasteiger partial charge on any atom is 0.348 e. The second kappa shape index (κ2) is 13.1. The second-order valence-corrected chi connectivity index (χ2v) is 8.85. The Bertz CT molecular complexity index is 914. The van der Waals surface area contributed by atoms with Crippen molar-refractivity contribution in [3.63, 3.8) is 0 Å². The maximum atomic E-state index is 11.9. The van der Waals surface area contributed by atoms with E-state index in [1.54, 1.807) is 36.5 Å². The van der Waals surface area contributed by atoms with E-state index in [1.165, 1.54) is 23.8 Å². The highest BCUT2D eigenvalue weighted by Gasteiger charge is 2.18. The van der Waals surface area contributed by atoms with Gasteiger partial charge < -0.3 is 25.1 Å². The van der Waals surface area contributed by atoms with Gasteiger partial charge in [0.2, 0.25) is 0 Å². The average molecular weight is 479 g/mol. The van der Waals surface area contributed by atoms with Gasteiger partial charge >= 0.3 is 5.97 Å². The molecule has 1 fully saturated rings. The van der Waals surface area contributed by atoms with E-state index < -0.39 is 17.6 Å². The van der Waals surface area contributed by atoms with Crippen LogP contribution < -0.4 is 10.5 Å². The lowest BCUT2D eigenvalue weighted by Gasteiger charge is -2.21. The van der Waals surface area contributed by atoms with Gasteiger partial charge in [0.15, 0.2) is 11.5 Å². The molecule has 3 N–H and O–H groups in total. The summed E-state index contributed by atoms with van der Waals surface area (Å²) in [6, 6.07) is 4.44. The van der Waals surface area contributed by atoms with Crippen molar-refractivity contribution in [3.05, 3.63) is 41.0 Å². The number of phenols is 1. The van der Waals surface area contributed by atoms with Gasteiger partial charge in [-0.15, -0.1) is 0 Å². The van der Waals surface area contributed by atoms with Crippen LogP contribution in [0.3, 0.4) is 0 Å². The summed E-state index contributed by atoms with van der Waals surface area (Å²) in [5.74, 6) is 1.46. The van der Waals surface area contributed by atoms with Crippen LogP contribution in [0.5, 0.6) is 11.5 Å². The lowest BCUT2D eigenvalue weighted by atomic mass is 10.1. The Balaban J connectivity index is 2.08. The molecule has 1 aromatic carbocycles. The van der Waals surface area contributed by atoms with Crippen LogP contribution in [0.2, 0.25) is 0 Å². The van der Waals surface area contributed by atoms with Crippen molar-refractivity contribution < 1.29 is 28.9 Å². The number of ether oxygens (including phenoxy) is 3. The normalized spacial score (nSPS) is 15.4. The van der Waals surface area contributed by atoms with Gasteiger partial charge in [-0.25, -0.2) is 4.79 Å². The van der Waals surface area contributed by atoms with Gasteiger partial charge in [0.05, 0.1) is 24.9 Å². The number of nitrogens with zero attached hydrogens (tertiary/aromatic N) is 1. The number of rotatable bonds is 9. The molecule has 0 spiro atoms. The molecular formula is C22H26N2O6S2. The number of amides is 1.